The van der Waals surface area contributed by atoms with E-state index in [2.05, 4.69) is 9.47 Å². The van der Waals surface area contributed by atoms with Crippen molar-refractivity contribution in [1.29, 1.82) is 0 Å². The van der Waals surface area contributed by atoms with E-state index in [-0.39, 0.29) is 6.61 Å². The lowest BCUT2D eigenvalue weighted by Crippen LogP contribution is -2.48. The fourth-order valence-corrected chi connectivity index (χ4v) is 0.806. The first-order valence-corrected chi connectivity index (χ1v) is 3.06. The van der Waals surface area contributed by atoms with Gasteiger partial charge in [-0.2, -0.15) is 0 Å². The van der Waals surface area contributed by atoms with Crippen LogP contribution in [-0.2, 0) is 19.1 Å². The molecule has 0 radical (unpaired) electrons. The minimum atomic E-state index is -1.47. The lowest BCUT2D eigenvalue weighted by Gasteiger charge is -2.23. The summed E-state index contributed by atoms with van der Waals surface area (Å²) >= 11 is 0. The van der Waals surface area contributed by atoms with Crippen molar-refractivity contribution < 1.29 is 24.2 Å². The summed E-state index contributed by atoms with van der Waals surface area (Å²) in [6, 6.07) is 0. The average Bonchev–Trinajstić information content (AvgIpc) is 2.01. The van der Waals surface area contributed by atoms with Gasteiger partial charge >= 0.3 is 0 Å². The summed E-state index contributed by atoms with van der Waals surface area (Å²) < 4.78 is 9.26. The van der Waals surface area contributed by atoms with Gasteiger partial charge < -0.3 is 14.6 Å². The summed E-state index contributed by atoms with van der Waals surface area (Å²) in [5, 5.41) is 8.99. The van der Waals surface area contributed by atoms with Crippen LogP contribution in [-0.4, -0.2) is 42.8 Å². The molecule has 0 amide bonds. The van der Waals surface area contributed by atoms with E-state index in [1.54, 1.807) is 0 Å². The van der Waals surface area contributed by atoms with E-state index in [1.165, 1.54) is 7.11 Å². The third-order valence-corrected chi connectivity index (χ3v) is 1.41. The van der Waals surface area contributed by atoms with Crippen LogP contribution in [0.3, 0.4) is 0 Å². The number of ketones is 2. The largest absolute Gasteiger partial charge is 0.380 e. The maximum Gasteiger partial charge on any atom is 0.234 e. The van der Waals surface area contributed by atoms with Crippen molar-refractivity contribution in [3.8, 4) is 0 Å². The van der Waals surface area contributed by atoms with Crippen molar-refractivity contribution in [1.82, 2.24) is 0 Å². The number of hydrogen-bond acceptors (Lipinski definition) is 5. The van der Waals surface area contributed by atoms with E-state index >= 15 is 0 Å². The molecule has 0 aromatic heterocycles. The molecule has 5 nitrogen and oxygen atoms in total. The predicted octanol–water partition coefficient (Wildman–Crippen LogP) is -1.51. The molecule has 1 heterocycles. The Morgan fingerprint density at radius 1 is 1.64 bits per heavy atom. The number of hydrogen-bond donors (Lipinski definition) is 1. The van der Waals surface area contributed by atoms with Crippen LogP contribution in [0, 0.1) is 0 Å². The van der Waals surface area contributed by atoms with Crippen molar-refractivity contribution >= 4 is 11.6 Å². The maximum atomic E-state index is 10.7. The minimum Gasteiger partial charge on any atom is -0.380 e. The van der Waals surface area contributed by atoms with Crippen LogP contribution < -0.4 is 0 Å². The quantitative estimate of drug-likeness (QED) is 0.472. The Bertz CT molecular complexity index is 187. The van der Waals surface area contributed by atoms with Crippen molar-refractivity contribution in [3.63, 3.8) is 0 Å². The van der Waals surface area contributed by atoms with E-state index in [4.69, 9.17) is 5.11 Å². The molecular weight excluding hydrogens is 152 g/mol. The molecule has 1 rings (SSSR count). The number of carbonyl (C=O) groups excluding carboxylic acids is 2. The number of aliphatic hydroxyl groups excluding tert-OH is 1. The van der Waals surface area contributed by atoms with Gasteiger partial charge in [-0.3, -0.25) is 9.59 Å². The summed E-state index contributed by atoms with van der Waals surface area (Å²) in [6.45, 7) is -0.311. The normalized spacial score (nSPS) is 32.5. The fraction of sp³-hybridized carbons (Fsp3) is 0.667. The van der Waals surface area contributed by atoms with Crippen LogP contribution in [0.2, 0.25) is 0 Å². The average molecular weight is 160 g/mol. The van der Waals surface area contributed by atoms with E-state index < -0.39 is 24.0 Å². The molecule has 1 aliphatic rings. The molecule has 2 atom stereocenters. The Kier molecular flexibility index (Phi) is 2.33. The van der Waals surface area contributed by atoms with Gasteiger partial charge in [0.2, 0.25) is 11.6 Å². The molecule has 11 heavy (non-hydrogen) atoms. The monoisotopic (exact) mass is 160 g/mol. The zero-order valence-electron chi connectivity index (χ0n) is 5.94. The molecule has 1 aliphatic heterocycles. The smallest absolute Gasteiger partial charge is 0.234 e. The van der Waals surface area contributed by atoms with Gasteiger partial charge in [-0.25, -0.2) is 0 Å². The predicted molar refractivity (Wildman–Crippen MR) is 32.8 cm³/mol. The molecule has 5 heteroatoms. The van der Waals surface area contributed by atoms with Gasteiger partial charge in [-0.1, -0.05) is 0 Å². The van der Waals surface area contributed by atoms with Crippen LogP contribution in [0.5, 0.6) is 0 Å². The van der Waals surface area contributed by atoms with E-state index in [1.807, 2.05) is 0 Å². The lowest BCUT2D eigenvalue weighted by molar-refractivity contribution is -0.201. The second-order valence-corrected chi connectivity index (χ2v) is 2.15. The van der Waals surface area contributed by atoms with Crippen molar-refractivity contribution in [2.45, 2.75) is 12.4 Å². The zero-order valence-corrected chi connectivity index (χ0v) is 5.94. The first kappa shape index (κ1) is 8.32. The molecule has 0 aromatic rings. The molecule has 0 spiro atoms. The Labute approximate surface area is 62.9 Å². The van der Waals surface area contributed by atoms with Crippen molar-refractivity contribution in [2.24, 2.45) is 0 Å². The summed E-state index contributed by atoms with van der Waals surface area (Å²) in [7, 11) is 1.29. The highest BCUT2D eigenvalue weighted by atomic mass is 16.7. The van der Waals surface area contributed by atoms with Crippen molar-refractivity contribution in [2.75, 3.05) is 13.7 Å². The van der Waals surface area contributed by atoms with Crippen LogP contribution in [0.1, 0.15) is 0 Å². The summed E-state index contributed by atoms with van der Waals surface area (Å²) in [5.41, 5.74) is 0. The Balaban J connectivity index is 2.66. The zero-order chi connectivity index (χ0) is 8.43. The molecule has 0 unspecified atom stereocenters. The van der Waals surface area contributed by atoms with Gasteiger partial charge in [0.15, 0.2) is 12.4 Å². The summed E-state index contributed by atoms with van der Waals surface area (Å²) in [6.07, 6.45) is -2.47. The first-order chi connectivity index (χ1) is 5.16. The molecular formula is C6H8O5. The number of rotatable bonds is 1. The SMILES string of the molecule is CO[C@H]1OCC(=O)C(=O)[C@H]1O. The number of aliphatic hydroxyl groups is 1. The Morgan fingerprint density at radius 2 is 2.27 bits per heavy atom. The van der Waals surface area contributed by atoms with Gasteiger partial charge in [-0.15, -0.1) is 0 Å². The summed E-state index contributed by atoms with van der Waals surface area (Å²) in [4.78, 5) is 21.3. The Hall–Kier alpha value is -0.780. The van der Waals surface area contributed by atoms with Crippen molar-refractivity contribution in [3.05, 3.63) is 0 Å². The van der Waals surface area contributed by atoms with Crippen LogP contribution in [0.4, 0.5) is 0 Å². The molecule has 1 N–H and O–H groups in total. The third-order valence-electron chi connectivity index (χ3n) is 1.41. The van der Waals surface area contributed by atoms with Crippen LogP contribution in [0.25, 0.3) is 0 Å². The highest BCUT2D eigenvalue weighted by Gasteiger charge is 2.36. The number of carbonyl (C=O) groups is 2. The van der Waals surface area contributed by atoms with Gasteiger partial charge in [0.25, 0.3) is 0 Å². The standard InChI is InChI=1S/C6H8O5/c1-10-6-5(9)4(8)3(7)2-11-6/h5-6,9H,2H2,1H3/t5-,6+/m1/s1. The minimum absolute atomic E-state index is 0.311. The number of methoxy groups -OCH3 is 1. The van der Waals surface area contributed by atoms with Crippen LogP contribution in [0.15, 0.2) is 0 Å². The number of Topliss-reactive ketones (excluding diaryl/α,β-unsaturated/α-hetero) is 2. The Morgan fingerprint density at radius 3 is 2.82 bits per heavy atom. The van der Waals surface area contributed by atoms with Crippen LogP contribution >= 0.6 is 0 Å². The van der Waals surface area contributed by atoms with E-state index in [0.717, 1.165) is 0 Å². The highest BCUT2D eigenvalue weighted by Crippen LogP contribution is 2.08. The van der Waals surface area contributed by atoms with E-state index in [9.17, 15) is 9.59 Å². The molecule has 0 saturated carbocycles. The molecule has 1 fully saturated rings. The summed E-state index contributed by atoms with van der Waals surface area (Å²) in [5.74, 6) is -1.56. The topological polar surface area (TPSA) is 72.8 Å². The van der Waals surface area contributed by atoms with Gasteiger partial charge in [0, 0.05) is 7.11 Å². The first-order valence-electron chi connectivity index (χ1n) is 3.06. The van der Waals surface area contributed by atoms with Gasteiger partial charge in [0.1, 0.15) is 6.61 Å². The highest BCUT2D eigenvalue weighted by molar-refractivity contribution is 6.39. The molecule has 1 saturated heterocycles. The molecule has 62 valence electrons. The second-order valence-electron chi connectivity index (χ2n) is 2.15. The molecule has 0 bridgehead atoms. The van der Waals surface area contributed by atoms with E-state index in [0.29, 0.717) is 0 Å². The van der Waals surface area contributed by atoms with Gasteiger partial charge in [-0.05, 0) is 0 Å². The number of ether oxygens (including phenoxy) is 2. The fourth-order valence-electron chi connectivity index (χ4n) is 0.806. The molecule has 0 aliphatic carbocycles. The van der Waals surface area contributed by atoms with Gasteiger partial charge in [0.05, 0.1) is 0 Å². The molecule has 0 aromatic carbocycles. The lowest BCUT2D eigenvalue weighted by atomic mass is 10.1. The third kappa shape index (κ3) is 1.45. The maximum absolute atomic E-state index is 10.7. The second kappa shape index (κ2) is 3.08.